The highest BCUT2D eigenvalue weighted by molar-refractivity contribution is 9.11. The van der Waals surface area contributed by atoms with E-state index in [4.69, 9.17) is 0 Å². The lowest BCUT2D eigenvalue weighted by Gasteiger charge is -2.04. The average molecular weight is 284 g/mol. The highest BCUT2D eigenvalue weighted by Gasteiger charge is 2.18. The molecule has 0 bridgehead atoms. The van der Waals surface area contributed by atoms with Crippen LogP contribution in [-0.2, 0) is 15.6 Å². The molecule has 1 aromatic heterocycles. The maximum Gasteiger partial charge on any atom is 0.159 e. The van der Waals surface area contributed by atoms with Crippen molar-refractivity contribution in [1.82, 2.24) is 4.98 Å². The third kappa shape index (κ3) is 3.03. The third-order valence-corrected chi connectivity index (χ3v) is 5.14. The zero-order valence-corrected chi connectivity index (χ0v) is 10.5. The molecule has 0 amide bonds. The van der Waals surface area contributed by atoms with Crippen LogP contribution in [0.15, 0.2) is 9.30 Å². The molecule has 13 heavy (non-hydrogen) atoms. The number of hydrogen-bond donors (Lipinski definition) is 0. The van der Waals surface area contributed by atoms with Crippen LogP contribution in [0, 0.1) is 0 Å². The van der Waals surface area contributed by atoms with Gasteiger partial charge in [0.2, 0.25) is 0 Å². The summed E-state index contributed by atoms with van der Waals surface area (Å²) < 4.78 is 23.6. The molecule has 0 aliphatic heterocycles. The predicted octanol–water partition coefficient (Wildman–Crippen LogP) is 2.23. The summed E-state index contributed by atoms with van der Waals surface area (Å²) in [5.41, 5.74) is 0.616. The molecule has 0 spiro atoms. The smallest absolute Gasteiger partial charge is 0.159 e. The summed E-state index contributed by atoms with van der Waals surface area (Å²) in [5.74, 6) is 0.0345. The predicted molar refractivity (Wildman–Crippen MR) is 57.6 cm³/mol. The number of thiazole rings is 1. The summed E-state index contributed by atoms with van der Waals surface area (Å²) in [4.78, 5) is 4.03. The van der Waals surface area contributed by atoms with E-state index < -0.39 is 9.84 Å². The van der Waals surface area contributed by atoms with Crippen molar-refractivity contribution < 1.29 is 8.42 Å². The van der Waals surface area contributed by atoms with Gasteiger partial charge >= 0.3 is 0 Å². The Kier molecular flexibility index (Phi) is 3.48. The standard InChI is InChI=1S/C7H10BrNO2S2/c1-5(2)13(10,11)4-6-3-12-7(8)9-6/h3,5H,4H2,1-2H3. The van der Waals surface area contributed by atoms with Gasteiger partial charge in [-0.05, 0) is 29.8 Å². The maximum atomic E-state index is 11.5. The molecule has 0 N–H and O–H groups in total. The second-order valence-corrected chi connectivity index (χ2v) is 7.64. The van der Waals surface area contributed by atoms with E-state index >= 15 is 0 Å². The molecule has 1 heterocycles. The largest absolute Gasteiger partial charge is 0.233 e. The summed E-state index contributed by atoms with van der Waals surface area (Å²) in [6.45, 7) is 3.35. The summed E-state index contributed by atoms with van der Waals surface area (Å²) in [5, 5.41) is 1.41. The number of halogens is 1. The molecule has 0 aliphatic carbocycles. The number of hydrogen-bond acceptors (Lipinski definition) is 4. The zero-order valence-electron chi connectivity index (χ0n) is 7.32. The molecule has 0 aromatic carbocycles. The van der Waals surface area contributed by atoms with Gasteiger partial charge in [-0.1, -0.05) is 0 Å². The van der Waals surface area contributed by atoms with Crippen LogP contribution in [0.4, 0.5) is 0 Å². The van der Waals surface area contributed by atoms with Gasteiger partial charge in [0.15, 0.2) is 13.8 Å². The molecule has 1 rings (SSSR count). The van der Waals surface area contributed by atoms with Crippen LogP contribution in [-0.4, -0.2) is 18.7 Å². The molecule has 0 saturated heterocycles. The van der Waals surface area contributed by atoms with Crippen LogP contribution in [0.1, 0.15) is 19.5 Å². The van der Waals surface area contributed by atoms with Gasteiger partial charge in [0.1, 0.15) is 0 Å². The van der Waals surface area contributed by atoms with E-state index in [-0.39, 0.29) is 11.0 Å². The van der Waals surface area contributed by atoms with Gasteiger partial charge in [-0.2, -0.15) is 0 Å². The van der Waals surface area contributed by atoms with E-state index in [0.717, 1.165) is 3.92 Å². The Hall–Kier alpha value is 0.0600. The normalized spacial score (nSPS) is 12.3. The molecular weight excluding hydrogens is 274 g/mol. The highest BCUT2D eigenvalue weighted by Crippen LogP contribution is 2.18. The quantitative estimate of drug-likeness (QED) is 0.855. The number of nitrogens with zero attached hydrogens (tertiary/aromatic N) is 1. The lowest BCUT2D eigenvalue weighted by Crippen LogP contribution is -2.16. The lowest BCUT2D eigenvalue weighted by atomic mass is 10.6. The van der Waals surface area contributed by atoms with Crippen molar-refractivity contribution >= 4 is 37.1 Å². The third-order valence-electron chi connectivity index (χ3n) is 1.59. The molecule has 6 heteroatoms. The fourth-order valence-electron chi connectivity index (χ4n) is 0.721. The summed E-state index contributed by atoms with van der Waals surface area (Å²) in [7, 11) is -3.01. The SMILES string of the molecule is CC(C)S(=O)(=O)Cc1csc(Br)n1. The molecule has 0 radical (unpaired) electrons. The van der Waals surface area contributed by atoms with Crippen molar-refractivity contribution in [3.05, 3.63) is 15.0 Å². The maximum absolute atomic E-state index is 11.5. The first-order chi connectivity index (χ1) is 5.92. The van der Waals surface area contributed by atoms with Crippen LogP contribution >= 0.6 is 27.3 Å². The average Bonchev–Trinajstić information content (AvgIpc) is 2.34. The Morgan fingerprint density at radius 1 is 1.62 bits per heavy atom. The van der Waals surface area contributed by atoms with Gasteiger partial charge in [0.25, 0.3) is 0 Å². The summed E-state index contributed by atoms with van der Waals surface area (Å²) >= 11 is 4.59. The number of aromatic nitrogens is 1. The van der Waals surface area contributed by atoms with Gasteiger partial charge < -0.3 is 0 Å². The summed E-state index contributed by atoms with van der Waals surface area (Å²) in [6.07, 6.45) is 0. The fourth-order valence-corrected chi connectivity index (χ4v) is 2.77. The van der Waals surface area contributed by atoms with Gasteiger partial charge in [0, 0.05) is 5.38 Å². The molecular formula is C7H10BrNO2S2. The minimum Gasteiger partial charge on any atom is -0.233 e. The number of sulfone groups is 1. The molecule has 0 fully saturated rings. The lowest BCUT2D eigenvalue weighted by molar-refractivity contribution is 0.586. The van der Waals surface area contributed by atoms with Crippen LogP contribution in [0.25, 0.3) is 0 Å². The van der Waals surface area contributed by atoms with Crippen LogP contribution < -0.4 is 0 Å². The molecule has 0 atom stereocenters. The molecule has 0 unspecified atom stereocenters. The highest BCUT2D eigenvalue weighted by atomic mass is 79.9. The van der Waals surface area contributed by atoms with E-state index in [9.17, 15) is 8.42 Å². The van der Waals surface area contributed by atoms with Crippen molar-refractivity contribution in [2.24, 2.45) is 0 Å². The Balaban J connectivity index is 2.81. The zero-order chi connectivity index (χ0) is 10.1. The van der Waals surface area contributed by atoms with Crippen molar-refractivity contribution in [3.63, 3.8) is 0 Å². The van der Waals surface area contributed by atoms with Gasteiger partial charge in [-0.3, -0.25) is 0 Å². The Bertz CT molecular complexity index is 383. The Morgan fingerprint density at radius 2 is 2.23 bits per heavy atom. The Labute approximate surface area is 90.2 Å². The topological polar surface area (TPSA) is 47.0 Å². The van der Waals surface area contributed by atoms with E-state index in [1.54, 1.807) is 19.2 Å². The first-order valence-electron chi connectivity index (χ1n) is 3.73. The van der Waals surface area contributed by atoms with Gasteiger partial charge in [-0.15, -0.1) is 11.3 Å². The van der Waals surface area contributed by atoms with E-state index in [1.807, 2.05) is 0 Å². The van der Waals surface area contributed by atoms with Gasteiger partial charge in [0.05, 0.1) is 16.7 Å². The number of rotatable bonds is 3. The second-order valence-electron chi connectivity index (χ2n) is 2.95. The Morgan fingerprint density at radius 3 is 2.62 bits per heavy atom. The van der Waals surface area contributed by atoms with Crippen molar-refractivity contribution in [3.8, 4) is 0 Å². The van der Waals surface area contributed by atoms with Crippen molar-refractivity contribution in [2.75, 3.05) is 0 Å². The molecule has 0 aliphatic rings. The van der Waals surface area contributed by atoms with Crippen LogP contribution in [0.2, 0.25) is 0 Å². The molecule has 1 aromatic rings. The minimum atomic E-state index is -3.01. The molecule has 74 valence electrons. The van der Waals surface area contributed by atoms with Crippen molar-refractivity contribution in [1.29, 1.82) is 0 Å². The minimum absolute atomic E-state index is 0.0345. The first-order valence-corrected chi connectivity index (χ1v) is 7.12. The van der Waals surface area contributed by atoms with E-state index in [1.165, 1.54) is 11.3 Å². The second kappa shape index (κ2) is 4.06. The van der Waals surface area contributed by atoms with E-state index in [2.05, 4.69) is 20.9 Å². The van der Waals surface area contributed by atoms with Crippen LogP contribution in [0.5, 0.6) is 0 Å². The molecule has 3 nitrogen and oxygen atoms in total. The first kappa shape index (κ1) is 11.1. The molecule has 0 saturated carbocycles. The van der Waals surface area contributed by atoms with E-state index in [0.29, 0.717) is 5.69 Å². The van der Waals surface area contributed by atoms with Crippen LogP contribution in [0.3, 0.4) is 0 Å². The monoisotopic (exact) mass is 283 g/mol. The van der Waals surface area contributed by atoms with Gasteiger partial charge in [-0.25, -0.2) is 13.4 Å². The van der Waals surface area contributed by atoms with Crippen molar-refractivity contribution in [2.45, 2.75) is 24.9 Å². The fraction of sp³-hybridized carbons (Fsp3) is 0.571. The summed E-state index contributed by atoms with van der Waals surface area (Å²) in [6, 6.07) is 0.